The summed E-state index contributed by atoms with van der Waals surface area (Å²) in [5.74, 6) is -0.0687. The first-order valence-corrected chi connectivity index (χ1v) is 10.5. The lowest BCUT2D eigenvalue weighted by Gasteiger charge is -2.33. The van der Waals surface area contributed by atoms with E-state index in [0.717, 1.165) is 31.5 Å². The van der Waals surface area contributed by atoms with Crippen molar-refractivity contribution in [2.24, 2.45) is 5.92 Å². The molecule has 0 aliphatic carbocycles. The number of carbonyl (C=O) groups is 1. The molecule has 0 aromatic heterocycles. The van der Waals surface area contributed by atoms with Gasteiger partial charge >= 0.3 is 0 Å². The molecule has 0 unspecified atom stereocenters. The molecule has 1 saturated heterocycles. The Bertz CT molecular complexity index is 972. The number of quaternary nitrogens is 1. The number of hydrogen-bond donors (Lipinski definition) is 2. The molecule has 1 amide bonds. The normalized spacial score (nSPS) is 20.3. The third kappa shape index (κ3) is 4.48. The molecular formula is C25H28FN2O+. The van der Waals surface area contributed by atoms with E-state index in [-0.39, 0.29) is 17.6 Å². The number of hydrogen-bond acceptors (Lipinski definition) is 1. The Balaban J connectivity index is 1.33. The average Bonchev–Trinajstić information content (AvgIpc) is 2.78. The second-order valence-electron chi connectivity index (χ2n) is 8.07. The van der Waals surface area contributed by atoms with Crippen molar-refractivity contribution in [1.82, 2.24) is 5.32 Å². The summed E-state index contributed by atoms with van der Waals surface area (Å²) in [5, 5.41) is 5.63. The molecule has 1 fully saturated rings. The van der Waals surface area contributed by atoms with Gasteiger partial charge in [-0.05, 0) is 35.4 Å². The van der Waals surface area contributed by atoms with Crippen LogP contribution in [0.2, 0.25) is 0 Å². The van der Waals surface area contributed by atoms with E-state index in [1.54, 1.807) is 17.0 Å². The summed E-state index contributed by atoms with van der Waals surface area (Å²) < 4.78 is 13.0. The Labute approximate surface area is 171 Å². The Hall–Kier alpha value is -2.72. The number of amides is 1. The van der Waals surface area contributed by atoms with Gasteiger partial charge in [0, 0.05) is 30.9 Å². The molecule has 2 N–H and O–H groups in total. The zero-order valence-corrected chi connectivity index (χ0v) is 16.8. The molecule has 4 rings (SSSR count). The lowest BCUT2D eigenvalue weighted by Crippen LogP contribution is -3.13. The number of fused-ring (bicyclic) bond motifs is 1. The van der Waals surface area contributed by atoms with Gasteiger partial charge in [0.05, 0.1) is 13.1 Å². The van der Waals surface area contributed by atoms with E-state index >= 15 is 0 Å². The first-order chi connectivity index (χ1) is 14.1. The molecule has 1 atom stereocenters. The van der Waals surface area contributed by atoms with E-state index in [9.17, 15) is 9.18 Å². The fourth-order valence-corrected chi connectivity index (χ4v) is 4.47. The summed E-state index contributed by atoms with van der Waals surface area (Å²) in [6.07, 6.45) is 1.80. The first-order valence-electron chi connectivity index (χ1n) is 10.5. The molecule has 1 aliphatic rings. The first kappa shape index (κ1) is 19.6. The molecule has 4 heteroatoms. The minimum atomic E-state index is -0.254. The quantitative estimate of drug-likeness (QED) is 0.684. The van der Waals surface area contributed by atoms with Crippen LogP contribution in [0.15, 0.2) is 66.7 Å². The molecule has 29 heavy (non-hydrogen) atoms. The van der Waals surface area contributed by atoms with E-state index in [1.165, 1.54) is 28.5 Å². The van der Waals surface area contributed by atoms with Crippen LogP contribution < -0.4 is 10.2 Å². The summed E-state index contributed by atoms with van der Waals surface area (Å²) in [4.78, 5) is 14.1. The predicted molar refractivity (Wildman–Crippen MR) is 114 cm³/mol. The third-order valence-electron chi connectivity index (χ3n) is 6.28. The fourth-order valence-electron chi connectivity index (χ4n) is 4.47. The van der Waals surface area contributed by atoms with Gasteiger partial charge in [0.2, 0.25) is 5.91 Å². The zero-order chi connectivity index (χ0) is 20.2. The van der Waals surface area contributed by atoms with Gasteiger partial charge in [0.15, 0.2) is 0 Å². The van der Waals surface area contributed by atoms with E-state index < -0.39 is 0 Å². The monoisotopic (exact) mass is 391 g/mol. The highest BCUT2D eigenvalue weighted by atomic mass is 19.1. The van der Waals surface area contributed by atoms with Crippen LogP contribution >= 0.6 is 0 Å². The number of benzene rings is 3. The number of halogens is 1. The Kier molecular flexibility index (Phi) is 5.91. The summed E-state index contributed by atoms with van der Waals surface area (Å²) in [5.41, 5.74) is 2.31. The number of rotatable bonds is 5. The molecule has 0 spiro atoms. The molecule has 0 saturated carbocycles. The highest BCUT2D eigenvalue weighted by molar-refractivity contribution is 5.85. The number of carbonyl (C=O) groups excluding carboxylic acids is 1. The zero-order valence-electron chi connectivity index (χ0n) is 16.8. The van der Waals surface area contributed by atoms with Crippen LogP contribution in [0.1, 0.15) is 36.9 Å². The van der Waals surface area contributed by atoms with Gasteiger partial charge in [-0.1, -0.05) is 54.6 Å². The second kappa shape index (κ2) is 8.75. The molecule has 0 bridgehead atoms. The van der Waals surface area contributed by atoms with Crippen molar-refractivity contribution in [3.63, 3.8) is 0 Å². The van der Waals surface area contributed by atoms with E-state index in [1.807, 2.05) is 0 Å². The van der Waals surface area contributed by atoms with Gasteiger partial charge in [-0.25, -0.2) is 4.39 Å². The minimum absolute atomic E-state index is 0.0684. The molecule has 3 nitrogen and oxygen atoms in total. The molecule has 1 aliphatic heterocycles. The number of likely N-dealkylation sites (tertiary alicyclic amines) is 1. The fraction of sp³-hybridized carbons (Fsp3) is 0.320. The van der Waals surface area contributed by atoms with Crippen molar-refractivity contribution < 1.29 is 14.1 Å². The summed E-state index contributed by atoms with van der Waals surface area (Å²) in [6.45, 7) is 4.75. The topological polar surface area (TPSA) is 33.5 Å². The maximum Gasteiger partial charge on any atom is 0.223 e. The van der Waals surface area contributed by atoms with E-state index in [4.69, 9.17) is 0 Å². The molecule has 3 aromatic rings. The van der Waals surface area contributed by atoms with Crippen molar-refractivity contribution in [3.05, 3.63) is 83.7 Å². The van der Waals surface area contributed by atoms with Crippen LogP contribution in [-0.4, -0.2) is 19.0 Å². The highest BCUT2D eigenvalue weighted by Gasteiger charge is 2.30. The lowest BCUT2D eigenvalue weighted by molar-refractivity contribution is -0.935. The Morgan fingerprint density at radius 1 is 1.03 bits per heavy atom. The SMILES string of the molecule is C[C@H](c1cccc2ccccc12)[NH+]1CCC(C(=O)NCc2ccc(F)cc2)CC1. The van der Waals surface area contributed by atoms with Gasteiger partial charge in [0.25, 0.3) is 0 Å². The largest absolute Gasteiger partial charge is 0.352 e. The van der Waals surface area contributed by atoms with Gasteiger partial charge < -0.3 is 10.2 Å². The molecule has 0 radical (unpaired) electrons. The highest BCUT2D eigenvalue weighted by Crippen LogP contribution is 2.23. The lowest BCUT2D eigenvalue weighted by atomic mass is 9.92. The second-order valence-corrected chi connectivity index (χ2v) is 8.07. The minimum Gasteiger partial charge on any atom is -0.352 e. The smallest absolute Gasteiger partial charge is 0.223 e. The van der Waals surface area contributed by atoms with Crippen molar-refractivity contribution >= 4 is 16.7 Å². The van der Waals surface area contributed by atoms with Crippen molar-refractivity contribution in [3.8, 4) is 0 Å². The molecular weight excluding hydrogens is 363 g/mol. The van der Waals surface area contributed by atoms with Crippen molar-refractivity contribution in [1.29, 1.82) is 0 Å². The van der Waals surface area contributed by atoms with Crippen LogP contribution in [0.5, 0.6) is 0 Å². The van der Waals surface area contributed by atoms with Crippen LogP contribution in [0.25, 0.3) is 10.8 Å². The Morgan fingerprint density at radius 3 is 2.48 bits per heavy atom. The van der Waals surface area contributed by atoms with Gasteiger partial charge in [-0.2, -0.15) is 0 Å². The van der Waals surface area contributed by atoms with Crippen molar-refractivity contribution in [2.75, 3.05) is 13.1 Å². The maximum absolute atomic E-state index is 13.0. The molecule has 3 aromatic carbocycles. The van der Waals surface area contributed by atoms with E-state index in [2.05, 4.69) is 54.7 Å². The van der Waals surface area contributed by atoms with Crippen LogP contribution in [0.3, 0.4) is 0 Å². The average molecular weight is 392 g/mol. The molecule has 150 valence electrons. The third-order valence-corrected chi connectivity index (χ3v) is 6.28. The van der Waals surface area contributed by atoms with Crippen LogP contribution in [0.4, 0.5) is 4.39 Å². The number of piperidine rings is 1. The van der Waals surface area contributed by atoms with Crippen LogP contribution in [-0.2, 0) is 11.3 Å². The van der Waals surface area contributed by atoms with Gasteiger partial charge in [-0.3, -0.25) is 4.79 Å². The van der Waals surface area contributed by atoms with Crippen LogP contribution in [0, 0.1) is 11.7 Å². The predicted octanol–water partition coefficient (Wildman–Crippen LogP) is 3.65. The van der Waals surface area contributed by atoms with Crippen molar-refractivity contribution in [2.45, 2.75) is 32.4 Å². The number of nitrogens with one attached hydrogen (secondary N) is 2. The maximum atomic E-state index is 13.0. The Morgan fingerprint density at radius 2 is 1.72 bits per heavy atom. The van der Waals surface area contributed by atoms with Gasteiger partial charge in [-0.15, -0.1) is 0 Å². The summed E-state index contributed by atoms with van der Waals surface area (Å²) >= 11 is 0. The standard InChI is InChI=1S/C25H27FN2O/c1-18(23-8-4-6-20-5-2-3-7-24(20)23)28-15-13-21(14-16-28)25(29)27-17-19-9-11-22(26)12-10-19/h2-12,18,21H,13-17H2,1H3,(H,27,29)/p+1/t18-/m1/s1. The van der Waals surface area contributed by atoms with E-state index in [0.29, 0.717) is 12.6 Å². The summed E-state index contributed by atoms with van der Waals surface area (Å²) in [7, 11) is 0. The van der Waals surface area contributed by atoms with Gasteiger partial charge in [0.1, 0.15) is 11.9 Å². The molecule has 1 heterocycles. The summed E-state index contributed by atoms with van der Waals surface area (Å²) in [6, 6.07) is 21.8.